The number of hydrogen-bond acceptors (Lipinski definition) is 5. The Morgan fingerprint density at radius 2 is 2.20 bits per heavy atom. The molecule has 104 valence electrons. The van der Waals surface area contributed by atoms with Crippen LogP contribution in [0.1, 0.15) is 27.6 Å². The summed E-state index contributed by atoms with van der Waals surface area (Å²) in [5.41, 5.74) is 1.12. The second-order valence-electron chi connectivity index (χ2n) is 3.92. The van der Waals surface area contributed by atoms with Gasteiger partial charge in [-0.1, -0.05) is 6.07 Å². The van der Waals surface area contributed by atoms with E-state index in [9.17, 15) is 9.59 Å². The molecule has 0 N–H and O–H groups in total. The number of carbonyl (C=O) groups excluding carboxylic acids is 2. The molecule has 0 bridgehead atoms. The number of aromatic nitrogens is 1. The lowest BCUT2D eigenvalue weighted by molar-refractivity contribution is 0.0522. The van der Waals surface area contributed by atoms with E-state index >= 15 is 0 Å². The van der Waals surface area contributed by atoms with Crippen molar-refractivity contribution in [1.82, 2.24) is 4.98 Å². The van der Waals surface area contributed by atoms with Crippen molar-refractivity contribution in [3.8, 4) is 5.88 Å². The minimum absolute atomic E-state index is 0.136. The van der Waals surface area contributed by atoms with Crippen LogP contribution in [0.3, 0.4) is 0 Å². The van der Waals surface area contributed by atoms with Crippen molar-refractivity contribution >= 4 is 39.1 Å². The molecule has 20 heavy (non-hydrogen) atoms. The molecule has 1 aromatic carbocycles. The number of carbonyl (C=O) groups is 2. The first-order valence-corrected chi connectivity index (χ1v) is 6.71. The molecular weight excluding hydrogens is 326 g/mol. The van der Waals surface area contributed by atoms with E-state index in [-0.39, 0.29) is 18.1 Å². The number of fused-ring (bicyclic) bond motifs is 1. The maximum Gasteiger partial charge on any atom is 0.343 e. The average Bonchev–Trinajstić information content (AvgIpc) is 2.46. The number of esters is 1. The SMILES string of the molecule is CCOC(=O)c1cc2ccc(Br)c(C=O)c2nc1OC. The van der Waals surface area contributed by atoms with Crippen LogP contribution in [0.5, 0.6) is 5.88 Å². The van der Waals surface area contributed by atoms with Crippen molar-refractivity contribution in [3.63, 3.8) is 0 Å². The van der Waals surface area contributed by atoms with Crippen LogP contribution in [-0.2, 0) is 4.74 Å². The van der Waals surface area contributed by atoms with Crippen LogP contribution in [-0.4, -0.2) is 31.0 Å². The van der Waals surface area contributed by atoms with Gasteiger partial charge in [-0.3, -0.25) is 4.79 Å². The van der Waals surface area contributed by atoms with Gasteiger partial charge in [-0.2, -0.15) is 0 Å². The van der Waals surface area contributed by atoms with E-state index in [0.29, 0.717) is 27.2 Å². The summed E-state index contributed by atoms with van der Waals surface area (Å²) >= 11 is 3.29. The van der Waals surface area contributed by atoms with Gasteiger partial charge in [0.2, 0.25) is 5.88 Å². The highest BCUT2D eigenvalue weighted by molar-refractivity contribution is 9.10. The highest BCUT2D eigenvalue weighted by Gasteiger charge is 2.18. The lowest BCUT2D eigenvalue weighted by atomic mass is 10.1. The molecule has 1 heterocycles. The third-order valence-electron chi connectivity index (χ3n) is 2.75. The van der Waals surface area contributed by atoms with Crippen molar-refractivity contribution in [2.75, 3.05) is 13.7 Å². The summed E-state index contributed by atoms with van der Waals surface area (Å²) in [6.07, 6.45) is 0.711. The zero-order chi connectivity index (χ0) is 14.7. The predicted octanol–water partition coefficient (Wildman–Crippen LogP) is 3.00. The van der Waals surface area contributed by atoms with Crippen LogP contribution >= 0.6 is 15.9 Å². The van der Waals surface area contributed by atoms with Crippen LogP contribution in [0.25, 0.3) is 10.9 Å². The molecule has 0 spiro atoms. The summed E-state index contributed by atoms with van der Waals surface area (Å²) in [5.74, 6) is -0.369. The van der Waals surface area contributed by atoms with Crippen molar-refractivity contribution in [3.05, 3.63) is 33.8 Å². The highest BCUT2D eigenvalue weighted by Crippen LogP contribution is 2.28. The first-order valence-electron chi connectivity index (χ1n) is 5.92. The number of halogens is 1. The Balaban J connectivity index is 2.71. The number of aldehydes is 1. The van der Waals surface area contributed by atoms with Crippen LogP contribution in [0.2, 0.25) is 0 Å². The molecule has 0 saturated heterocycles. The number of hydrogen-bond donors (Lipinski definition) is 0. The number of pyridine rings is 1. The fourth-order valence-corrected chi connectivity index (χ4v) is 2.26. The lowest BCUT2D eigenvalue weighted by Crippen LogP contribution is -2.08. The van der Waals surface area contributed by atoms with Gasteiger partial charge in [0.05, 0.1) is 24.8 Å². The highest BCUT2D eigenvalue weighted by atomic mass is 79.9. The average molecular weight is 338 g/mol. The fourth-order valence-electron chi connectivity index (χ4n) is 1.84. The lowest BCUT2D eigenvalue weighted by Gasteiger charge is -2.10. The van der Waals surface area contributed by atoms with Gasteiger partial charge in [0.15, 0.2) is 6.29 Å². The first kappa shape index (κ1) is 14.5. The van der Waals surface area contributed by atoms with Crippen molar-refractivity contribution in [1.29, 1.82) is 0 Å². The standard InChI is InChI=1S/C14H12BrNO4/c1-3-20-14(18)9-6-8-4-5-11(15)10(7-17)12(8)16-13(9)19-2/h4-7H,3H2,1-2H3. The molecule has 0 aliphatic heterocycles. The van der Waals surface area contributed by atoms with Gasteiger partial charge in [-0.25, -0.2) is 9.78 Å². The van der Waals surface area contributed by atoms with Crippen molar-refractivity contribution < 1.29 is 19.1 Å². The fraction of sp³-hybridized carbons (Fsp3) is 0.214. The molecule has 0 fully saturated rings. The Kier molecular flexibility index (Phi) is 4.34. The predicted molar refractivity (Wildman–Crippen MR) is 77.3 cm³/mol. The first-order chi connectivity index (χ1) is 9.62. The van der Waals surface area contributed by atoms with E-state index in [1.165, 1.54) is 7.11 Å². The maximum atomic E-state index is 11.9. The molecule has 0 aliphatic rings. The minimum Gasteiger partial charge on any atom is -0.480 e. The van der Waals surface area contributed by atoms with Gasteiger partial charge < -0.3 is 9.47 Å². The summed E-state index contributed by atoms with van der Waals surface area (Å²) < 4.78 is 10.7. The van der Waals surface area contributed by atoms with E-state index in [2.05, 4.69) is 20.9 Å². The number of rotatable bonds is 4. The largest absolute Gasteiger partial charge is 0.480 e. The third kappa shape index (κ3) is 2.51. The summed E-state index contributed by atoms with van der Waals surface area (Å²) in [6, 6.07) is 5.11. The molecule has 0 amide bonds. The van der Waals surface area contributed by atoms with Gasteiger partial charge in [0.1, 0.15) is 5.56 Å². The second kappa shape index (κ2) is 6.00. The molecule has 2 rings (SSSR count). The van der Waals surface area contributed by atoms with Crippen LogP contribution in [0.4, 0.5) is 0 Å². The van der Waals surface area contributed by atoms with E-state index in [1.807, 2.05) is 0 Å². The molecule has 0 saturated carbocycles. The third-order valence-corrected chi connectivity index (χ3v) is 3.44. The second-order valence-corrected chi connectivity index (χ2v) is 4.77. The molecule has 2 aromatic rings. The molecule has 0 atom stereocenters. The van der Waals surface area contributed by atoms with Crippen LogP contribution in [0, 0.1) is 0 Å². The Hall–Kier alpha value is -1.95. The molecule has 0 unspecified atom stereocenters. The van der Waals surface area contributed by atoms with Crippen LogP contribution < -0.4 is 4.74 Å². The van der Waals surface area contributed by atoms with E-state index < -0.39 is 5.97 Å². The van der Waals surface area contributed by atoms with Gasteiger partial charge >= 0.3 is 5.97 Å². The summed E-state index contributed by atoms with van der Waals surface area (Å²) in [7, 11) is 1.41. The Morgan fingerprint density at radius 1 is 1.45 bits per heavy atom. The van der Waals surface area contributed by atoms with Crippen molar-refractivity contribution in [2.24, 2.45) is 0 Å². The number of methoxy groups -OCH3 is 1. The van der Waals surface area contributed by atoms with Gasteiger partial charge in [-0.05, 0) is 35.0 Å². The number of benzene rings is 1. The zero-order valence-electron chi connectivity index (χ0n) is 11.0. The molecule has 0 radical (unpaired) electrons. The number of nitrogens with zero attached hydrogens (tertiary/aromatic N) is 1. The Bertz CT molecular complexity index is 684. The zero-order valence-corrected chi connectivity index (χ0v) is 12.6. The van der Waals surface area contributed by atoms with Gasteiger partial charge in [0.25, 0.3) is 0 Å². The summed E-state index contributed by atoms with van der Waals surface area (Å²) in [4.78, 5) is 27.3. The quantitative estimate of drug-likeness (QED) is 0.633. The maximum absolute atomic E-state index is 11.9. The van der Waals surface area contributed by atoms with Gasteiger partial charge in [0, 0.05) is 9.86 Å². The number of ether oxygens (including phenoxy) is 2. The monoisotopic (exact) mass is 337 g/mol. The van der Waals surface area contributed by atoms with E-state index in [1.54, 1.807) is 25.1 Å². The molecule has 0 aliphatic carbocycles. The molecule has 5 nitrogen and oxygen atoms in total. The minimum atomic E-state index is -0.505. The van der Waals surface area contributed by atoms with Gasteiger partial charge in [-0.15, -0.1) is 0 Å². The normalized spacial score (nSPS) is 10.3. The molecular formula is C14H12BrNO4. The van der Waals surface area contributed by atoms with E-state index in [4.69, 9.17) is 9.47 Å². The topological polar surface area (TPSA) is 65.5 Å². The molecule has 6 heteroatoms. The van der Waals surface area contributed by atoms with E-state index in [0.717, 1.165) is 0 Å². The van der Waals surface area contributed by atoms with Crippen LogP contribution in [0.15, 0.2) is 22.7 Å². The Labute approximate surface area is 124 Å². The van der Waals surface area contributed by atoms with Crippen molar-refractivity contribution in [2.45, 2.75) is 6.92 Å². The smallest absolute Gasteiger partial charge is 0.343 e. The summed E-state index contributed by atoms with van der Waals surface area (Å²) in [5, 5.41) is 0.666. The Morgan fingerprint density at radius 3 is 2.80 bits per heavy atom. The summed E-state index contributed by atoms with van der Waals surface area (Å²) in [6.45, 7) is 1.99. The molecule has 1 aromatic heterocycles.